The van der Waals surface area contributed by atoms with Gasteiger partial charge in [0.05, 0.1) is 4.92 Å². The number of thiazole rings is 1. The van der Waals surface area contributed by atoms with E-state index in [2.05, 4.69) is 4.98 Å². The lowest BCUT2D eigenvalue weighted by Crippen LogP contribution is -1.99. The second-order valence-electron chi connectivity index (χ2n) is 3.08. The lowest BCUT2D eigenvalue weighted by atomic mass is 10.3. The van der Waals surface area contributed by atoms with Gasteiger partial charge in [-0.1, -0.05) is 0 Å². The topological polar surface area (TPSA) is 65.3 Å². The number of nitrogens with zero attached hydrogens (tertiary/aromatic N) is 2. The van der Waals surface area contributed by atoms with Gasteiger partial charge in [-0.05, 0) is 6.07 Å². The average Bonchev–Trinajstić information content (AvgIpc) is 2.78. The highest BCUT2D eigenvalue weighted by molar-refractivity contribution is 7.09. The van der Waals surface area contributed by atoms with Crippen LogP contribution in [0, 0.1) is 15.9 Å². The van der Waals surface area contributed by atoms with E-state index in [1.165, 1.54) is 11.3 Å². The first-order chi connectivity index (χ1) is 8.16. The van der Waals surface area contributed by atoms with Gasteiger partial charge in [-0.15, -0.1) is 11.3 Å². The molecule has 0 bridgehead atoms. The van der Waals surface area contributed by atoms with Crippen molar-refractivity contribution in [3.05, 3.63) is 50.7 Å². The fraction of sp³-hybridized carbons (Fsp3) is 0.100. The van der Waals surface area contributed by atoms with Gasteiger partial charge in [-0.3, -0.25) is 10.1 Å². The van der Waals surface area contributed by atoms with Gasteiger partial charge in [0.2, 0.25) is 0 Å². The second-order valence-corrected chi connectivity index (χ2v) is 4.06. The monoisotopic (exact) mass is 254 g/mol. The van der Waals surface area contributed by atoms with Crippen LogP contribution in [0.25, 0.3) is 0 Å². The van der Waals surface area contributed by atoms with Crippen LogP contribution in [-0.4, -0.2) is 9.91 Å². The van der Waals surface area contributed by atoms with Crippen molar-refractivity contribution in [2.24, 2.45) is 0 Å². The summed E-state index contributed by atoms with van der Waals surface area (Å²) in [6.07, 6.45) is 1.60. The summed E-state index contributed by atoms with van der Waals surface area (Å²) in [5.41, 5.74) is -0.261. The SMILES string of the molecule is O=[N+]([O-])c1ccc(F)cc1OCc1nccs1. The van der Waals surface area contributed by atoms with E-state index in [-0.39, 0.29) is 18.0 Å². The Kier molecular flexibility index (Phi) is 3.29. The number of ether oxygens (including phenoxy) is 1. The molecule has 0 spiro atoms. The highest BCUT2D eigenvalue weighted by Crippen LogP contribution is 2.28. The third kappa shape index (κ3) is 2.76. The van der Waals surface area contributed by atoms with Crippen LogP contribution in [0.5, 0.6) is 5.75 Å². The van der Waals surface area contributed by atoms with E-state index >= 15 is 0 Å². The predicted octanol–water partition coefficient (Wildman–Crippen LogP) is 2.77. The molecule has 2 aromatic rings. The fourth-order valence-electron chi connectivity index (χ4n) is 1.22. The van der Waals surface area contributed by atoms with E-state index in [0.717, 1.165) is 18.2 Å². The Morgan fingerprint density at radius 1 is 1.53 bits per heavy atom. The standard InChI is InChI=1S/C10H7FN2O3S/c11-7-1-2-8(13(14)15)9(5-7)16-6-10-12-3-4-17-10/h1-5H,6H2. The molecule has 0 amide bonds. The Hall–Kier alpha value is -2.02. The summed E-state index contributed by atoms with van der Waals surface area (Å²) in [5, 5.41) is 13.1. The van der Waals surface area contributed by atoms with Crippen LogP contribution in [0.1, 0.15) is 5.01 Å². The molecular formula is C10H7FN2O3S. The molecule has 0 aliphatic carbocycles. The van der Waals surface area contributed by atoms with E-state index < -0.39 is 10.7 Å². The zero-order chi connectivity index (χ0) is 12.3. The van der Waals surface area contributed by atoms with Crippen molar-refractivity contribution in [1.29, 1.82) is 0 Å². The van der Waals surface area contributed by atoms with Crippen molar-refractivity contribution in [3.8, 4) is 5.75 Å². The predicted molar refractivity (Wildman–Crippen MR) is 59.5 cm³/mol. The zero-order valence-electron chi connectivity index (χ0n) is 8.50. The first kappa shape index (κ1) is 11.5. The largest absolute Gasteiger partial charge is 0.479 e. The molecule has 1 aromatic carbocycles. The summed E-state index contributed by atoms with van der Waals surface area (Å²) in [5.74, 6) is -0.671. The van der Waals surface area contributed by atoms with Crippen LogP contribution in [0.15, 0.2) is 29.8 Å². The number of aromatic nitrogens is 1. The maximum Gasteiger partial charge on any atom is 0.311 e. The molecular weight excluding hydrogens is 247 g/mol. The lowest BCUT2D eigenvalue weighted by Gasteiger charge is -2.04. The van der Waals surface area contributed by atoms with Crippen molar-refractivity contribution < 1.29 is 14.1 Å². The third-order valence-corrected chi connectivity index (χ3v) is 2.71. The summed E-state index contributed by atoms with van der Waals surface area (Å²) in [4.78, 5) is 14.0. The van der Waals surface area contributed by atoms with Gasteiger partial charge in [0.25, 0.3) is 0 Å². The van der Waals surface area contributed by atoms with E-state index in [9.17, 15) is 14.5 Å². The number of nitro benzene ring substituents is 1. The molecule has 7 heteroatoms. The molecule has 1 aromatic heterocycles. The number of hydrogen-bond acceptors (Lipinski definition) is 5. The van der Waals surface area contributed by atoms with Crippen molar-refractivity contribution in [2.75, 3.05) is 0 Å². The molecule has 0 radical (unpaired) electrons. The Morgan fingerprint density at radius 3 is 3.00 bits per heavy atom. The summed E-state index contributed by atoms with van der Waals surface area (Å²) in [6, 6.07) is 3.09. The van der Waals surface area contributed by atoms with E-state index in [1.54, 1.807) is 11.6 Å². The second kappa shape index (κ2) is 4.88. The van der Waals surface area contributed by atoms with Crippen molar-refractivity contribution in [1.82, 2.24) is 4.98 Å². The van der Waals surface area contributed by atoms with Crippen LogP contribution in [0.4, 0.5) is 10.1 Å². The summed E-state index contributed by atoms with van der Waals surface area (Å²) in [6.45, 7) is 0.0853. The number of benzene rings is 1. The minimum Gasteiger partial charge on any atom is -0.479 e. The van der Waals surface area contributed by atoms with Gasteiger partial charge in [0.1, 0.15) is 17.4 Å². The lowest BCUT2D eigenvalue weighted by molar-refractivity contribution is -0.386. The molecule has 0 aliphatic heterocycles. The maximum absolute atomic E-state index is 13.0. The minimum absolute atomic E-state index is 0.0853. The van der Waals surface area contributed by atoms with Crippen molar-refractivity contribution in [2.45, 2.75) is 6.61 Å². The molecule has 1 heterocycles. The molecule has 0 aliphatic rings. The molecule has 0 N–H and O–H groups in total. The molecule has 0 fully saturated rings. The highest BCUT2D eigenvalue weighted by atomic mass is 32.1. The van der Waals surface area contributed by atoms with E-state index in [4.69, 9.17) is 4.74 Å². The fourth-order valence-corrected chi connectivity index (χ4v) is 1.75. The molecule has 88 valence electrons. The Balaban J connectivity index is 2.19. The number of halogens is 1. The quantitative estimate of drug-likeness (QED) is 0.621. The maximum atomic E-state index is 13.0. The molecule has 0 atom stereocenters. The molecule has 2 rings (SSSR count). The smallest absolute Gasteiger partial charge is 0.311 e. The van der Waals surface area contributed by atoms with Crippen molar-refractivity contribution >= 4 is 17.0 Å². The average molecular weight is 254 g/mol. The van der Waals surface area contributed by atoms with Gasteiger partial charge in [-0.2, -0.15) is 0 Å². The normalized spacial score (nSPS) is 10.2. The number of nitro groups is 1. The first-order valence-electron chi connectivity index (χ1n) is 4.62. The molecule has 5 nitrogen and oxygen atoms in total. The highest BCUT2D eigenvalue weighted by Gasteiger charge is 2.16. The van der Waals surface area contributed by atoms with Crippen molar-refractivity contribution in [3.63, 3.8) is 0 Å². The van der Waals surface area contributed by atoms with Crippen LogP contribution in [0.3, 0.4) is 0 Å². The van der Waals surface area contributed by atoms with E-state index in [1.807, 2.05) is 0 Å². The van der Waals surface area contributed by atoms with Crippen LogP contribution >= 0.6 is 11.3 Å². The van der Waals surface area contributed by atoms with Gasteiger partial charge < -0.3 is 4.74 Å². The van der Waals surface area contributed by atoms with Crippen LogP contribution in [0.2, 0.25) is 0 Å². The van der Waals surface area contributed by atoms with E-state index in [0.29, 0.717) is 5.01 Å². The Bertz CT molecular complexity index is 530. The van der Waals surface area contributed by atoms with Gasteiger partial charge in [-0.25, -0.2) is 9.37 Å². The van der Waals surface area contributed by atoms with Gasteiger partial charge in [0.15, 0.2) is 5.75 Å². The zero-order valence-corrected chi connectivity index (χ0v) is 9.32. The molecule has 0 saturated heterocycles. The number of rotatable bonds is 4. The minimum atomic E-state index is -0.614. The Morgan fingerprint density at radius 2 is 2.35 bits per heavy atom. The van der Waals surface area contributed by atoms with Gasteiger partial charge >= 0.3 is 5.69 Å². The molecule has 0 saturated carbocycles. The Labute approximate surface area is 99.6 Å². The third-order valence-electron chi connectivity index (χ3n) is 1.95. The van der Waals surface area contributed by atoms with Crippen LogP contribution in [-0.2, 0) is 6.61 Å². The van der Waals surface area contributed by atoms with Gasteiger partial charge in [0, 0.05) is 23.7 Å². The first-order valence-corrected chi connectivity index (χ1v) is 5.50. The number of hydrogen-bond donors (Lipinski definition) is 0. The molecule has 17 heavy (non-hydrogen) atoms. The molecule has 0 unspecified atom stereocenters. The summed E-state index contributed by atoms with van der Waals surface area (Å²) < 4.78 is 18.2. The van der Waals surface area contributed by atoms with Crippen LogP contribution < -0.4 is 4.74 Å². The summed E-state index contributed by atoms with van der Waals surface area (Å²) >= 11 is 1.36. The summed E-state index contributed by atoms with van der Waals surface area (Å²) in [7, 11) is 0.